The maximum absolute atomic E-state index is 13.6. The van der Waals surface area contributed by atoms with Gasteiger partial charge in [-0.25, -0.2) is 8.78 Å². The van der Waals surface area contributed by atoms with Crippen LogP contribution in [-0.2, 0) is 4.79 Å². The first-order chi connectivity index (χ1) is 11.5. The smallest absolute Gasteiger partial charge is 0.353 e. The van der Waals surface area contributed by atoms with Crippen LogP contribution in [0.1, 0.15) is 24.2 Å². The highest BCUT2D eigenvalue weighted by Crippen LogP contribution is 2.29. The lowest BCUT2D eigenvalue weighted by molar-refractivity contribution is -0.123. The first-order valence-corrected chi connectivity index (χ1v) is 8.24. The number of halogens is 5. The number of rotatable bonds is 7. The monoisotopic (exact) mass is 384 g/mol. The van der Waals surface area contributed by atoms with Crippen LogP contribution in [0.25, 0.3) is 0 Å². The van der Waals surface area contributed by atoms with Crippen LogP contribution in [0.5, 0.6) is 0 Å². The van der Waals surface area contributed by atoms with Gasteiger partial charge >= 0.3 is 5.51 Å². The van der Waals surface area contributed by atoms with Gasteiger partial charge in [-0.05, 0) is 29.8 Å². The molecule has 0 spiro atoms. The Kier molecular flexibility index (Phi) is 7.65. The van der Waals surface area contributed by atoms with E-state index in [0.29, 0.717) is 0 Å². The van der Waals surface area contributed by atoms with Crippen molar-refractivity contribution < 1.29 is 31.5 Å². The van der Waals surface area contributed by atoms with Crippen molar-refractivity contribution in [2.45, 2.75) is 25.4 Å². The van der Waals surface area contributed by atoms with E-state index in [4.69, 9.17) is 0 Å². The van der Waals surface area contributed by atoms with E-state index in [1.54, 1.807) is 13.8 Å². The molecule has 1 aromatic rings. The van der Waals surface area contributed by atoms with E-state index in [1.807, 2.05) is 0 Å². The third-order valence-electron chi connectivity index (χ3n) is 3.09. The number of thioether (sulfide) groups is 1. The fourth-order valence-electron chi connectivity index (χ4n) is 1.91. The summed E-state index contributed by atoms with van der Waals surface area (Å²) < 4.78 is 63.3. The van der Waals surface area contributed by atoms with Crippen LogP contribution in [0.3, 0.4) is 0 Å². The van der Waals surface area contributed by atoms with Crippen molar-refractivity contribution in [2.24, 2.45) is 5.92 Å². The van der Waals surface area contributed by atoms with Crippen LogP contribution in [0, 0.1) is 17.6 Å². The zero-order valence-electron chi connectivity index (χ0n) is 13.4. The van der Waals surface area contributed by atoms with Gasteiger partial charge in [0.05, 0.1) is 0 Å². The Balaban J connectivity index is 2.70. The Morgan fingerprint density at radius 1 is 1.16 bits per heavy atom. The number of amides is 2. The maximum atomic E-state index is 13.6. The van der Waals surface area contributed by atoms with Gasteiger partial charge in [-0.2, -0.15) is 13.2 Å². The zero-order chi connectivity index (χ0) is 19.2. The second-order valence-corrected chi connectivity index (χ2v) is 6.54. The Hall–Kier alpha value is -1.84. The Morgan fingerprint density at radius 3 is 2.20 bits per heavy atom. The fourth-order valence-corrected chi connectivity index (χ4v) is 2.35. The average molecular weight is 384 g/mol. The standard InChI is InChI=1S/C15H17F5N2O2S/c1-8(2)12(14(24)21-6-7-25-15(18,19)20)22-13(23)11-9(16)4-3-5-10(11)17/h3-5,8,12H,6-7H2,1-2H3,(H,21,24)(H,22,23)/t12-/m1/s1. The molecule has 1 rings (SSSR count). The molecule has 0 aromatic heterocycles. The van der Waals surface area contributed by atoms with Crippen molar-refractivity contribution in [3.05, 3.63) is 35.4 Å². The second kappa shape index (κ2) is 9.02. The fraction of sp³-hybridized carbons (Fsp3) is 0.467. The van der Waals surface area contributed by atoms with E-state index in [-0.39, 0.29) is 18.3 Å². The summed E-state index contributed by atoms with van der Waals surface area (Å²) in [7, 11) is 0. The number of carbonyl (C=O) groups excluding carboxylic acids is 2. The summed E-state index contributed by atoms with van der Waals surface area (Å²) in [5.41, 5.74) is -5.23. The topological polar surface area (TPSA) is 58.2 Å². The molecular weight excluding hydrogens is 367 g/mol. The third kappa shape index (κ3) is 6.89. The molecular formula is C15H17F5N2O2S. The van der Waals surface area contributed by atoms with Gasteiger partial charge in [0.15, 0.2) is 0 Å². The number of hydrogen-bond donors (Lipinski definition) is 2. The van der Waals surface area contributed by atoms with E-state index >= 15 is 0 Å². The van der Waals surface area contributed by atoms with Crippen molar-refractivity contribution in [1.29, 1.82) is 0 Å². The molecule has 0 radical (unpaired) electrons. The molecule has 0 aliphatic carbocycles. The number of hydrogen-bond acceptors (Lipinski definition) is 3. The molecule has 140 valence electrons. The molecule has 4 nitrogen and oxygen atoms in total. The number of benzene rings is 1. The summed E-state index contributed by atoms with van der Waals surface area (Å²) >= 11 is -0.291. The molecule has 1 atom stereocenters. The Labute approximate surface area is 145 Å². The van der Waals surface area contributed by atoms with Crippen LogP contribution in [0.2, 0.25) is 0 Å². The summed E-state index contributed by atoms with van der Waals surface area (Å²) in [6, 6.07) is 1.74. The molecule has 0 bridgehead atoms. The summed E-state index contributed by atoms with van der Waals surface area (Å²) in [6.45, 7) is 2.88. The Bertz CT molecular complexity index is 602. The van der Waals surface area contributed by atoms with E-state index in [2.05, 4.69) is 10.6 Å². The average Bonchev–Trinajstić information content (AvgIpc) is 2.47. The summed E-state index contributed by atoms with van der Waals surface area (Å²) in [5, 5.41) is 4.47. The van der Waals surface area contributed by atoms with Crippen LogP contribution < -0.4 is 10.6 Å². The van der Waals surface area contributed by atoms with Gasteiger partial charge in [0, 0.05) is 12.3 Å². The van der Waals surface area contributed by atoms with Gasteiger partial charge in [-0.3, -0.25) is 9.59 Å². The molecule has 1 aromatic carbocycles. The molecule has 0 saturated carbocycles. The van der Waals surface area contributed by atoms with Crippen molar-refractivity contribution in [2.75, 3.05) is 12.3 Å². The molecule has 2 amide bonds. The molecule has 0 aliphatic rings. The van der Waals surface area contributed by atoms with Gasteiger partial charge in [0.2, 0.25) is 5.91 Å². The van der Waals surface area contributed by atoms with Crippen LogP contribution >= 0.6 is 11.8 Å². The van der Waals surface area contributed by atoms with Crippen molar-refractivity contribution in [1.82, 2.24) is 10.6 Å². The van der Waals surface area contributed by atoms with Gasteiger partial charge in [-0.15, -0.1) is 0 Å². The summed E-state index contributed by atoms with van der Waals surface area (Å²) in [6.07, 6.45) is 0. The number of carbonyl (C=O) groups is 2. The van der Waals surface area contributed by atoms with E-state index in [0.717, 1.165) is 18.2 Å². The first kappa shape index (κ1) is 21.2. The molecule has 0 heterocycles. The predicted molar refractivity (Wildman–Crippen MR) is 84.0 cm³/mol. The van der Waals surface area contributed by atoms with Crippen molar-refractivity contribution >= 4 is 23.6 Å². The summed E-state index contributed by atoms with van der Waals surface area (Å²) in [4.78, 5) is 24.1. The maximum Gasteiger partial charge on any atom is 0.441 e. The molecule has 25 heavy (non-hydrogen) atoms. The van der Waals surface area contributed by atoms with E-state index < -0.39 is 52.2 Å². The van der Waals surface area contributed by atoms with Gasteiger partial charge in [0.25, 0.3) is 5.91 Å². The minimum atomic E-state index is -4.40. The molecule has 10 heteroatoms. The first-order valence-electron chi connectivity index (χ1n) is 7.26. The van der Waals surface area contributed by atoms with Gasteiger partial charge < -0.3 is 10.6 Å². The minimum Gasteiger partial charge on any atom is -0.353 e. The van der Waals surface area contributed by atoms with Gasteiger partial charge in [0.1, 0.15) is 23.2 Å². The Morgan fingerprint density at radius 2 is 1.72 bits per heavy atom. The lowest BCUT2D eigenvalue weighted by Gasteiger charge is -2.22. The number of nitrogens with one attached hydrogen (secondary N) is 2. The molecule has 0 fully saturated rings. The minimum absolute atomic E-state index is 0.268. The highest BCUT2D eigenvalue weighted by atomic mass is 32.2. The highest BCUT2D eigenvalue weighted by Gasteiger charge is 2.29. The van der Waals surface area contributed by atoms with Crippen LogP contribution in [0.15, 0.2) is 18.2 Å². The molecule has 0 aliphatic heterocycles. The predicted octanol–water partition coefficient (Wildman–Crippen LogP) is 3.09. The van der Waals surface area contributed by atoms with Crippen molar-refractivity contribution in [3.8, 4) is 0 Å². The van der Waals surface area contributed by atoms with E-state index in [9.17, 15) is 31.5 Å². The molecule has 0 unspecified atom stereocenters. The third-order valence-corrected chi connectivity index (χ3v) is 3.83. The van der Waals surface area contributed by atoms with Crippen molar-refractivity contribution in [3.63, 3.8) is 0 Å². The zero-order valence-corrected chi connectivity index (χ0v) is 14.2. The SMILES string of the molecule is CC(C)[C@@H](NC(=O)c1c(F)cccc1F)C(=O)NCCSC(F)(F)F. The van der Waals surface area contributed by atoms with Gasteiger partial charge in [-0.1, -0.05) is 19.9 Å². The highest BCUT2D eigenvalue weighted by molar-refractivity contribution is 8.00. The summed E-state index contributed by atoms with van der Waals surface area (Å²) in [5.74, 6) is -4.86. The largest absolute Gasteiger partial charge is 0.441 e. The molecule has 2 N–H and O–H groups in total. The molecule has 0 saturated heterocycles. The second-order valence-electron chi connectivity index (χ2n) is 5.38. The lowest BCUT2D eigenvalue weighted by atomic mass is 10.0. The normalized spacial score (nSPS) is 12.8. The quantitative estimate of drug-likeness (QED) is 0.561. The number of alkyl halides is 3. The van der Waals surface area contributed by atoms with E-state index in [1.165, 1.54) is 0 Å². The van der Waals surface area contributed by atoms with Crippen LogP contribution in [-0.4, -0.2) is 35.7 Å². The van der Waals surface area contributed by atoms with Crippen LogP contribution in [0.4, 0.5) is 22.0 Å². The lowest BCUT2D eigenvalue weighted by Crippen LogP contribution is -2.50.